The molecule has 0 spiro atoms. The van der Waals surface area contributed by atoms with Crippen molar-refractivity contribution in [1.82, 2.24) is 20.3 Å². The summed E-state index contributed by atoms with van der Waals surface area (Å²) in [6.45, 7) is -0.0294. The quantitative estimate of drug-likeness (QED) is 0.723. The van der Waals surface area contributed by atoms with E-state index in [0.717, 1.165) is 4.68 Å². The second-order valence-corrected chi connectivity index (χ2v) is 4.27. The molecule has 0 saturated heterocycles. The van der Waals surface area contributed by atoms with Crippen LogP contribution in [0, 0.1) is 0 Å². The van der Waals surface area contributed by atoms with E-state index in [4.69, 9.17) is 9.47 Å². The van der Waals surface area contributed by atoms with Crippen molar-refractivity contribution in [3.05, 3.63) is 34.6 Å². The van der Waals surface area contributed by atoms with Crippen LogP contribution in [0.25, 0.3) is 10.9 Å². The topological polar surface area (TPSA) is 95.3 Å². The lowest BCUT2D eigenvalue weighted by Gasteiger charge is -2.14. The highest BCUT2D eigenvalue weighted by Crippen LogP contribution is 2.03. The molecule has 1 aromatic carbocycles. The molecule has 0 fully saturated rings. The van der Waals surface area contributed by atoms with Crippen molar-refractivity contribution in [2.24, 2.45) is 0 Å². The Morgan fingerprint density at radius 1 is 1.33 bits per heavy atom. The third kappa shape index (κ3) is 3.61. The van der Waals surface area contributed by atoms with Crippen molar-refractivity contribution in [2.45, 2.75) is 12.8 Å². The second-order valence-electron chi connectivity index (χ2n) is 4.27. The monoisotopic (exact) mass is 292 g/mol. The van der Waals surface area contributed by atoms with Gasteiger partial charge in [-0.05, 0) is 12.1 Å². The van der Waals surface area contributed by atoms with Gasteiger partial charge in [-0.15, -0.1) is 5.10 Å². The number of nitrogens with zero attached hydrogens (tertiary/aromatic N) is 3. The first-order valence-electron chi connectivity index (χ1n) is 6.30. The Morgan fingerprint density at radius 3 is 2.76 bits per heavy atom. The molecule has 0 aliphatic carbocycles. The van der Waals surface area contributed by atoms with Gasteiger partial charge in [-0.3, -0.25) is 9.59 Å². The molecule has 0 saturated carbocycles. The molecule has 1 heterocycles. The van der Waals surface area contributed by atoms with Gasteiger partial charge in [0.15, 0.2) is 6.29 Å². The van der Waals surface area contributed by atoms with Crippen molar-refractivity contribution in [3.8, 4) is 0 Å². The third-order valence-electron chi connectivity index (χ3n) is 2.91. The van der Waals surface area contributed by atoms with Crippen molar-refractivity contribution < 1.29 is 14.3 Å². The van der Waals surface area contributed by atoms with Crippen LogP contribution in [0.5, 0.6) is 0 Å². The third-order valence-corrected chi connectivity index (χ3v) is 2.91. The minimum absolute atomic E-state index is 0.182. The van der Waals surface area contributed by atoms with Crippen LogP contribution in [-0.2, 0) is 20.8 Å². The van der Waals surface area contributed by atoms with Crippen LogP contribution in [0.2, 0.25) is 0 Å². The number of benzene rings is 1. The molecule has 2 rings (SSSR count). The zero-order valence-corrected chi connectivity index (χ0v) is 11.8. The Bertz CT molecular complexity index is 681. The molecule has 0 atom stereocenters. The fourth-order valence-corrected chi connectivity index (χ4v) is 1.78. The Hall–Kier alpha value is -2.32. The lowest BCUT2D eigenvalue weighted by atomic mass is 10.2. The van der Waals surface area contributed by atoms with Crippen LogP contribution in [0.4, 0.5) is 0 Å². The number of carbonyl (C=O) groups is 1. The number of nitrogens with one attached hydrogen (secondary N) is 1. The summed E-state index contributed by atoms with van der Waals surface area (Å²) >= 11 is 0. The van der Waals surface area contributed by atoms with Crippen LogP contribution >= 0.6 is 0 Å². The first-order valence-corrected chi connectivity index (χ1v) is 6.30. The van der Waals surface area contributed by atoms with Crippen molar-refractivity contribution >= 4 is 16.8 Å². The summed E-state index contributed by atoms with van der Waals surface area (Å²) in [5.74, 6) is -0.374. The Morgan fingerprint density at radius 2 is 2.05 bits per heavy atom. The number of fused-ring (bicyclic) bond motifs is 1. The molecule has 0 aliphatic heterocycles. The van der Waals surface area contributed by atoms with Gasteiger partial charge in [0, 0.05) is 14.2 Å². The Labute approximate surface area is 120 Å². The minimum Gasteiger partial charge on any atom is -0.354 e. The summed E-state index contributed by atoms with van der Waals surface area (Å²) in [5.41, 5.74) is 0.142. The van der Waals surface area contributed by atoms with Gasteiger partial charge in [0.25, 0.3) is 5.56 Å². The van der Waals surface area contributed by atoms with Gasteiger partial charge < -0.3 is 14.8 Å². The van der Waals surface area contributed by atoms with E-state index < -0.39 is 6.29 Å². The van der Waals surface area contributed by atoms with Crippen LogP contribution in [0.15, 0.2) is 29.1 Å². The van der Waals surface area contributed by atoms with Gasteiger partial charge >= 0.3 is 0 Å². The molecule has 0 aliphatic rings. The number of carbonyl (C=O) groups excluding carboxylic acids is 1. The fourth-order valence-electron chi connectivity index (χ4n) is 1.78. The summed E-state index contributed by atoms with van der Waals surface area (Å²) in [6.07, 6.45) is -0.534. The van der Waals surface area contributed by atoms with E-state index in [1.807, 2.05) is 0 Å². The van der Waals surface area contributed by atoms with Gasteiger partial charge in [0.1, 0.15) is 12.1 Å². The van der Waals surface area contributed by atoms with E-state index in [1.165, 1.54) is 14.2 Å². The van der Waals surface area contributed by atoms with E-state index >= 15 is 0 Å². The summed E-state index contributed by atoms with van der Waals surface area (Å²) in [6, 6.07) is 6.84. The normalized spacial score (nSPS) is 11.0. The number of rotatable bonds is 6. The molecule has 21 heavy (non-hydrogen) atoms. The summed E-state index contributed by atoms with van der Waals surface area (Å²) in [5, 5.41) is 10.7. The van der Waals surface area contributed by atoms with Crippen LogP contribution in [-0.4, -0.2) is 48.0 Å². The molecular weight excluding hydrogens is 276 g/mol. The van der Waals surface area contributed by atoms with E-state index in [-0.39, 0.29) is 24.6 Å². The van der Waals surface area contributed by atoms with Gasteiger partial charge in [-0.25, -0.2) is 4.68 Å². The van der Waals surface area contributed by atoms with Crippen molar-refractivity contribution in [3.63, 3.8) is 0 Å². The maximum absolute atomic E-state index is 12.1. The van der Waals surface area contributed by atoms with E-state index in [0.29, 0.717) is 10.9 Å². The number of hydrogen-bond donors (Lipinski definition) is 1. The van der Waals surface area contributed by atoms with E-state index in [1.54, 1.807) is 24.3 Å². The predicted molar refractivity (Wildman–Crippen MR) is 74.6 cm³/mol. The number of aromatic nitrogens is 3. The molecule has 0 radical (unpaired) electrons. The molecule has 8 heteroatoms. The van der Waals surface area contributed by atoms with Crippen LogP contribution in [0.1, 0.15) is 0 Å². The standard InChI is InChI=1S/C13H16N4O4/c1-20-12(21-2)7-14-11(18)8-17-13(19)9-5-3-4-6-10(9)15-16-17/h3-6,12H,7-8H2,1-2H3,(H,14,18). The molecule has 2 aromatic rings. The summed E-state index contributed by atoms with van der Waals surface area (Å²) in [7, 11) is 2.94. The van der Waals surface area contributed by atoms with Gasteiger partial charge in [0.05, 0.1) is 11.9 Å². The summed E-state index contributed by atoms with van der Waals surface area (Å²) < 4.78 is 10.9. The molecule has 1 aromatic heterocycles. The van der Waals surface area contributed by atoms with Crippen molar-refractivity contribution in [1.29, 1.82) is 0 Å². The van der Waals surface area contributed by atoms with Gasteiger partial charge in [-0.1, -0.05) is 17.3 Å². The number of methoxy groups -OCH3 is 2. The minimum atomic E-state index is -0.534. The predicted octanol–water partition coefficient (Wildman–Crippen LogP) is -0.473. The molecule has 1 amide bonds. The maximum Gasteiger partial charge on any atom is 0.278 e. The maximum atomic E-state index is 12.1. The summed E-state index contributed by atoms with van der Waals surface area (Å²) in [4.78, 5) is 23.9. The van der Waals surface area contributed by atoms with Crippen LogP contribution in [0.3, 0.4) is 0 Å². The first kappa shape index (κ1) is 15.1. The van der Waals surface area contributed by atoms with E-state index in [9.17, 15) is 9.59 Å². The average Bonchev–Trinajstić information content (AvgIpc) is 2.51. The van der Waals surface area contributed by atoms with Crippen LogP contribution < -0.4 is 10.9 Å². The Kier molecular flexibility index (Phi) is 4.96. The molecule has 8 nitrogen and oxygen atoms in total. The largest absolute Gasteiger partial charge is 0.354 e. The SMILES string of the molecule is COC(CNC(=O)Cn1nnc2ccccc2c1=O)OC. The lowest BCUT2D eigenvalue weighted by molar-refractivity contribution is -0.128. The van der Waals surface area contributed by atoms with E-state index in [2.05, 4.69) is 15.6 Å². The fraction of sp³-hybridized carbons (Fsp3) is 0.385. The van der Waals surface area contributed by atoms with Crippen molar-refractivity contribution in [2.75, 3.05) is 20.8 Å². The molecule has 0 bridgehead atoms. The molecule has 0 unspecified atom stereocenters. The smallest absolute Gasteiger partial charge is 0.278 e. The molecule has 112 valence electrons. The number of ether oxygens (including phenoxy) is 2. The highest BCUT2D eigenvalue weighted by Gasteiger charge is 2.11. The highest BCUT2D eigenvalue weighted by atomic mass is 16.7. The lowest BCUT2D eigenvalue weighted by Crippen LogP contribution is -2.38. The Balaban J connectivity index is 2.08. The average molecular weight is 292 g/mol. The van der Waals surface area contributed by atoms with Gasteiger partial charge in [0.2, 0.25) is 5.91 Å². The number of hydrogen-bond acceptors (Lipinski definition) is 6. The second kappa shape index (κ2) is 6.91. The number of amides is 1. The first-order chi connectivity index (χ1) is 10.2. The molecular formula is C13H16N4O4. The van der Waals surface area contributed by atoms with Gasteiger partial charge in [-0.2, -0.15) is 0 Å². The zero-order valence-electron chi connectivity index (χ0n) is 11.8. The molecule has 1 N–H and O–H groups in total. The highest BCUT2D eigenvalue weighted by molar-refractivity contribution is 5.78. The zero-order chi connectivity index (χ0) is 15.2.